The van der Waals surface area contributed by atoms with E-state index in [9.17, 15) is 0 Å². The van der Waals surface area contributed by atoms with Crippen LogP contribution in [0.4, 0.5) is 0 Å². The summed E-state index contributed by atoms with van der Waals surface area (Å²) in [7, 11) is 2.06. The average Bonchev–Trinajstić information content (AvgIpc) is 3.06. The number of rotatable bonds is 7. The van der Waals surface area contributed by atoms with E-state index >= 15 is 0 Å². The average molecular weight is 266 g/mol. The number of nitrogens with one attached hydrogen (secondary N) is 1. The van der Waals surface area contributed by atoms with Gasteiger partial charge in [0.2, 0.25) is 0 Å². The van der Waals surface area contributed by atoms with Crippen molar-refractivity contribution < 1.29 is 0 Å². The van der Waals surface area contributed by atoms with Crippen molar-refractivity contribution >= 4 is 11.3 Å². The van der Waals surface area contributed by atoms with Gasteiger partial charge in [0.05, 0.1) is 0 Å². The molecule has 2 rings (SSSR count). The summed E-state index contributed by atoms with van der Waals surface area (Å²) >= 11 is 1.88. The van der Waals surface area contributed by atoms with Gasteiger partial charge in [-0.3, -0.25) is 4.90 Å². The van der Waals surface area contributed by atoms with Gasteiger partial charge in [0.25, 0.3) is 0 Å². The van der Waals surface area contributed by atoms with E-state index in [1.165, 1.54) is 24.3 Å². The third-order valence-electron chi connectivity index (χ3n) is 4.22. The first-order chi connectivity index (χ1) is 8.53. The minimum absolute atomic E-state index is 0.314. The van der Waals surface area contributed by atoms with E-state index < -0.39 is 0 Å². The molecule has 2 nitrogen and oxygen atoms in total. The molecule has 0 spiro atoms. The zero-order valence-electron chi connectivity index (χ0n) is 12.1. The molecular weight excluding hydrogens is 240 g/mol. The molecule has 0 saturated heterocycles. The van der Waals surface area contributed by atoms with E-state index in [0.29, 0.717) is 11.5 Å². The van der Waals surface area contributed by atoms with Gasteiger partial charge >= 0.3 is 0 Å². The first kappa shape index (κ1) is 14.0. The quantitative estimate of drug-likeness (QED) is 0.814. The van der Waals surface area contributed by atoms with Crippen molar-refractivity contribution in [1.82, 2.24) is 10.2 Å². The summed E-state index contributed by atoms with van der Waals surface area (Å²) < 4.78 is 0. The predicted octanol–water partition coefficient (Wildman–Crippen LogP) is 3.35. The summed E-state index contributed by atoms with van der Waals surface area (Å²) in [5.74, 6) is 0. The first-order valence-electron chi connectivity index (χ1n) is 6.96. The summed E-state index contributed by atoms with van der Waals surface area (Å²) in [6, 6.07) is 5.79. The number of hydrogen-bond donors (Lipinski definition) is 1. The fraction of sp³-hybridized carbons (Fsp3) is 0.733. The predicted molar refractivity (Wildman–Crippen MR) is 80.1 cm³/mol. The molecule has 18 heavy (non-hydrogen) atoms. The van der Waals surface area contributed by atoms with Crippen LogP contribution in [0.2, 0.25) is 0 Å². The standard InChI is InChI=1S/C15H26N2S/c1-12(16-4)15(2,3)11-17(13-7-8-13)10-14-6-5-9-18-14/h5-6,9,12-13,16H,7-8,10-11H2,1-4H3. The van der Waals surface area contributed by atoms with Crippen LogP contribution in [0, 0.1) is 5.41 Å². The molecule has 0 aromatic carbocycles. The summed E-state index contributed by atoms with van der Waals surface area (Å²) in [5.41, 5.74) is 0.314. The zero-order valence-corrected chi connectivity index (χ0v) is 12.9. The minimum atomic E-state index is 0.314. The molecule has 1 atom stereocenters. The molecule has 1 aromatic rings. The van der Waals surface area contributed by atoms with Crippen molar-refractivity contribution in [1.29, 1.82) is 0 Å². The monoisotopic (exact) mass is 266 g/mol. The van der Waals surface area contributed by atoms with Crippen LogP contribution in [0.5, 0.6) is 0 Å². The van der Waals surface area contributed by atoms with Crippen molar-refractivity contribution in [3.8, 4) is 0 Å². The van der Waals surface area contributed by atoms with Gasteiger partial charge in [-0.2, -0.15) is 0 Å². The Hall–Kier alpha value is -0.380. The molecule has 1 saturated carbocycles. The van der Waals surface area contributed by atoms with E-state index in [4.69, 9.17) is 0 Å². The van der Waals surface area contributed by atoms with Gasteiger partial charge in [-0.25, -0.2) is 0 Å². The highest BCUT2D eigenvalue weighted by Gasteiger charge is 2.35. The second-order valence-electron chi connectivity index (χ2n) is 6.21. The molecule has 1 aliphatic rings. The van der Waals surface area contributed by atoms with Gasteiger partial charge in [0.15, 0.2) is 0 Å². The lowest BCUT2D eigenvalue weighted by atomic mass is 9.84. The summed E-state index contributed by atoms with van der Waals surface area (Å²) in [6.07, 6.45) is 2.77. The molecule has 0 amide bonds. The van der Waals surface area contributed by atoms with E-state index in [1.54, 1.807) is 0 Å². The highest BCUT2D eigenvalue weighted by atomic mass is 32.1. The topological polar surface area (TPSA) is 15.3 Å². The summed E-state index contributed by atoms with van der Waals surface area (Å²) in [6.45, 7) is 9.34. The summed E-state index contributed by atoms with van der Waals surface area (Å²) in [4.78, 5) is 4.18. The Morgan fingerprint density at radius 2 is 2.22 bits per heavy atom. The van der Waals surface area contributed by atoms with Crippen molar-refractivity contribution in [2.24, 2.45) is 5.41 Å². The van der Waals surface area contributed by atoms with Crippen LogP contribution in [0.15, 0.2) is 17.5 Å². The Kier molecular flexibility index (Phi) is 4.46. The molecule has 1 fully saturated rings. The van der Waals surface area contributed by atoms with E-state index in [2.05, 4.69) is 55.5 Å². The van der Waals surface area contributed by atoms with Crippen LogP contribution in [-0.4, -0.2) is 30.6 Å². The molecular formula is C15H26N2S. The lowest BCUT2D eigenvalue weighted by Gasteiger charge is -2.37. The fourth-order valence-electron chi connectivity index (χ4n) is 2.41. The lowest BCUT2D eigenvalue weighted by molar-refractivity contribution is 0.134. The Morgan fingerprint density at radius 1 is 1.50 bits per heavy atom. The maximum Gasteiger partial charge on any atom is 0.0331 e. The van der Waals surface area contributed by atoms with Crippen molar-refractivity contribution in [3.05, 3.63) is 22.4 Å². The minimum Gasteiger partial charge on any atom is -0.317 e. The van der Waals surface area contributed by atoms with Gasteiger partial charge in [-0.1, -0.05) is 19.9 Å². The van der Waals surface area contributed by atoms with Crippen LogP contribution < -0.4 is 5.32 Å². The Bertz CT molecular complexity index is 355. The van der Waals surface area contributed by atoms with Crippen molar-refractivity contribution in [2.75, 3.05) is 13.6 Å². The number of hydrogen-bond acceptors (Lipinski definition) is 3. The lowest BCUT2D eigenvalue weighted by Crippen LogP contribution is -2.46. The number of thiophene rings is 1. The Morgan fingerprint density at radius 3 is 2.72 bits per heavy atom. The SMILES string of the molecule is CNC(C)C(C)(C)CN(Cc1cccs1)C1CC1. The Balaban J connectivity index is 1.98. The third kappa shape index (κ3) is 3.56. The molecule has 0 aliphatic heterocycles. The second kappa shape index (κ2) is 5.72. The van der Waals surface area contributed by atoms with Crippen molar-refractivity contribution in [3.63, 3.8) is 0 Å². The smallest absolute Gasteiger partial charge is 0.0331 e. The molecule has 1 unspecified atom stereocenters. The van der Waals surface area contributed by atoms with Crippen LogP contribution in [0.3, 0.4) is 0 Å². The first-order valence-corrected chi connectivity index (χ1v) is 7.84. The van der Waals surface area contributed by atoms with Crippen LogP contribution in [0.25, 0.3) is 0 Å². The molecule has 1 N–H and O–H groups in total. The third-order valence-corrected chi connectivity index (χ3v) is 5.08. The molecule has 0 bridgehead atoms. The van der Waals surface area contributed by atoms with E-state index in [0.717, 1.165) is 12.6 Å². The normalized spacial score (nSPS) is 18.3. The highest BCUT2D eigenvalue weighted by molar-refractivity contribution is 7.09. The summed E-state index contributed by atoms with van der Waals surface area (Å²) in [5, 5.41) is 5.59. The highest BCUT2D eigenvalue weighted by Crippen LogP contribution is 2.33. The maximum absolute atomic E-state index is 3.40. The van der Waals surface area contributed by atoms with Gasteiger partial charge in [0.1, 0.15) is 0 Å². The molecule has 0 radical (unpaired) electrons. The van der Waals surface area contributed by atoms with Crippen LogP contribution in [0.1, 0.15) is 38.5 Å². The fourth-order valence-corrected chi connectivity index (χ4v) is 3.14. The Labute approximate surface area is 115 Å². The van der Waals surface area contributed by atoms with Crippen LogP contribution >= 0.6 is 11.3 Å². The molecule has 102 valence electrons. The molecule has 1 heterocycles. The molecule has 1 aromatic heterocycles. The van der Waals surface area contributed by atoms with E-state index in [1.807, 2.05) is 11.3 Å². The van der Waals surface area contributed by atoms with Gasteiger partial charge in [0, 0.05) is 30.1 Å². The zero-order chi connectivity index (χ0) is 13.2. The van der Waals surface area contributed by atoms with Crippen molar-refractivity contribution in [2.45, 2.75) is 52.2 Å². The molecule has 1 aliphatic carbocycles. The number of nitrogens with zero attached hydrogens (tertiary/aromatic N) is 1. The second-order valence-corrected chi connectivity index (χ2v) is 7.25. The van der Waals surface area contributed by atoms with E-state index in [-0.39, 0.29) is 0 Å². The van der Waals surface area contributed by atoms with Gasteiger partial charge < -0.3 is 5.32 Å². The van der Waals surface area contributed by atoms with Crippen LogP contribution in [-0.2, 0) is 6.54 Å². The molecule has 3 heteroatoms. The van der Waals surface area contributed by atoms with Gasteiger partial charge in [-0.15, -0.1) is 11.3 Å². The van der Waals surface area contributed by atoms with Gasteiger partial charge in [-0.05, 0) is 43.7 Å². The maximum atomic E-state index is 3.40. The largest absolute Gasteiger partial charge is 0.317 e.